The Hall–Kier alpha value is -0.690. The monoisotopic (exact) mass is 238 g/mol. The highest BCUT2D eigenvalue weighted by atomic mass is 35.5. The number of benzene rings is 1. The minimum Gasteiger partial charge on any atom is -0.489 e. The summed E-state index contributed by atoms with van der Waals surface area (Å²) >= 11 is 6.07. The molecule has 1 aliphatic rings. The third-order valence-corrected chi connectivity index (χ3v) is 3.81. The minimum absolute atomic E-state index is 0.364. The Labute approximate surface area is 103 Å². The summed E-state index contributed by atoms with van der Waals surface area (Å²) in [7, 11) is 0. The predicted octanol–water partition coefficient (Wildman–Crippen LogP) is 4.69. The van der Waals surface area contributed by atoms with E-state index in [2.05, 4.69) is 6.92 Å². The van der Waals surface area contributed by atoms with Crippen LogP contribution >= 0.6 is 11.6 Å². The summed E-state index contributed by atoms with van der Waals surface area (Å²) in [5.41, 5.74) is 0. The van der Waals surface area contributed by atoms with Crippen LogP contribution in [0.2, 0.25) is 5.02 Å². The Morgan fingerprint density at radius 1 is 1.19 bits per heavy atom. The van der Waals surface area contributed by atoms with Crippen molar-refractivity contribution in [1.29, 1.82) is 0 Å². The van der Waals surface area contributed by atoms with E-state index in [0.717, 1.165) is 16.7 Å². The van der Waals surface area contributed by atoms with Crippen molar-refractivity contribution in [3.63, 3.8) is 0 Å². The summed E-state index contributed by atoms with van der Waals surface area (Å²) in [5.74, 6) is 1.75. The highest BCUT2D eigenvalue weighted by molar-refractivity contribution is 6.32. The molecule has 0 amide bonds. The quantitative estimate of drug-likeness (QED) is 0.743. The van der Waals surface area contributed by atoms with Crippen LogP contribution in [0.5, 0.6) is 5.75 Å². The highest BCUT2D eigenvalue weighted by Crippen LogP contribution is 2.31. The summed E-state index contributed by atoms with van der Waals surface area (Å²) in [5, 5.41) is 0.722. The number of rotatable bonds is 3. The van der Waals surface area contributed by atoms with Crippen LogP contribution in [0.25, 0.3) is 0 Å². The van der Waals surface area contributed by atoms with E-state index in [-0.39, 0.29) is 0 Å². The fraction of sp³-hybridized carbons (Fsp3) is 0.571. The third-order valence-electron chi connectivity index (χ3n) is 3.50. The van der Waals surface area contributed by atoms with Crippen molar-refractivity contribution in [2.75, 3.05) is 0 Å². The van der Waals surface area contributed by atoms with Gasteiger partial charge in [-0.25, -0.2) is 0 Å². The van der Waals surface area contributed by atoms with Crippen molar-refractivity contribution in [1.82, 2.24) is 0 Å². The summed E-state index contributed by atoms with van der Waals surface area (Å²) in [6.45, 7) is 2.28. The molecular weight excluding hydrogens is 220 g/mol. The van der Waals surface area contributed by atoms with Crippen molar-refractivity contribution in [2.45, 2.75) is 45.1 Å². The molecule has 2 rings (SSSR count). The molecule has 1 aromatic carbocycles. The molecule has 1 saturated carbocycles. The van der Waals surface area contributed by atoms with Crippen LogP contribution in [0.15, 0.2) is 24.3 Å². The van der Waals surface area contributed by atoms with Crippen molar-refractivity contribution in [2.24, 2.45) is 5.92 Å². The normalized spacial score (nSPS) is 25.4. The molecule has 0 bridgehead atoms. The largest absolute Gasteiger partial charge is 0.489 e. The van der Waals surface area contributed by atoms with Gasteiger partial charge in [-0.1, -0.05) is 37.1 Å². The SMILES string of the molecule is CCC1CCC(Oc2ccccc2Cl)CC1. The van der Waals surface area contributed by atoms with E-state index < -0.39 is 0 Å². The molecule has 0 aromatic heterocycles. The zero-order valence-corrected chi connectivity index (χ0v) is 10.5. The molecule has 0 aliphatic heterocycles. The van der Waals surface area contributed by atoms with Gasteiger partial charge in [-0.2, -0.15) is 0 Å². The molecule has 1 fully saturated rings. The molecule has 1 aliphatic carbocycles. The van der Waals surface area contributed by atoms with Crippen LogP contribution < -0.4 is 4.74 Å². The average Bonchev–Trinajstić information content (AvgIpc) is 2.33. The molecule has 0 atom stereocenters. The fourth-order valence-electron chi connectivity index (χ4n) is 2.38. The number of hydrogen-bond donors (Lipinski definition) is 0. The lowest BCUT2D eigenvalue weighted by Crippen LogP contribution is -2.23. The van der Waals surface area contributed by atoms with Gasteiger partial charge >= 0.3 is 0 Å². The maximum Gasteiger partial charge on any atom is 0.138 e. The average molecular weight is 239 g/mol. The lowest BCUT2D eigenvalue weighted by molar-refractivity contribution is 0.130. The van der Waals surface area contributed by atoms with Crippen LogP contribution in [0.4, 0.5) is 0 Å². The Balaban J connectivity index is 1.89. The van der Waals surface area contributed by atoms with Gasteiger partial charge in [0.1, 0.15) is 5.75 Å². The Kier molecular flexibility index (Phi) is 4.11. The number of para-hydroxylation sites is 1. The maximum absolute atomic E-state index is 6.07. The number of halogens is 1. The summed E-state index contributed by atoms with van der Waals surface area (Å²) < 4.78 is 5.95. The van der Waals surface area contributed by atoms with Crippen molar-refractivity contribution >= 4 is 11.6 Å². The van der Waals surface area contributed by atoms with Crippen LogP contribution in [0.3, 0.4) is 0 Å². The van der Waals surface area contributed by atoms with Crippen LogP contribution in [-0.4, -0.2) is 6.10 Å². The second-order valence-corrected chi connectivity index (χ2v) is 5.01. The molecule has 1 aromatic rings. The third kappa shape index (κ3) is 2.91. The van der Waals surface area contributed by atoms with E-state index in [1.54, 1.807) is 0 Å². The van der Waals surface area contributed by atoms with E-state index in [9.17, 15) is 0 Å². The molecule has 88 valence electrons. The van der Waals surface area contributed by atoms with Gasteiger partial charge in [0.05, 0.1) is 11.1 Å². The molecule has 0 spiro atoms. The molecule has 0 N–H and O–H groups in total. The van der Waals surface area contributed by atoms with E-state index in [4.69, 9.17) is 16.3 Å². The van der Waals surface area contributed by atoms with Crippen molar-refractivity contribution in [3.05, 3.63) is 29.3 Å². The zero-order chi connectivity index (χ0) is 11.4. The molecule has 0 heterocycles. The summed E-state index contributed by atoms with van der Waals surface area (Å²) in [4.78, 5) is 0. The van der Waals surface area contributed by atoms with E-state index >= 15 is 0 Å². The lowest BCUT2D eigenvalue weighted by Gasteiger charge is -2.28. The standard InChI is InChI=1S/C14H19ClO/c1-2-11-7-9-12(10-8-11)16-14-6-4-3-5-13(14)15/h3-6,11-12H,2,7-10H2,1H3. The van der Waals surface area contributed by atoms with E-state index in [1.807, 2.05) is 24.3 Å². The molecule has 2 heteroatoms. The first kappa shape index (κ1) is 11.8. The second kappa shape index (κ2) is 5.58. The molecule has 1 nitrogen and oxygen atoms in total. The van der Waals surface area contributed by atoms with Crippen LogP contribution in [0, 0.1) is 5.92 Å². The predicted molar refractivity (Wildman–Crippen MR) is 68.1 cm³/mol. The van der Waals surface area contributed by atoms with Crippen molar-refractivity contribution in [3.8, 4) is 5.75 Å². The Bertz CT molecular complexity index is 329. The van der Waals surface area contributed by atoms with Gasteiger partial charge in [0.15, 0.2) is 0 Å². The lowest BCUT2D eigenvalue weighted by atomic mass is 9.86. The summed E-state index contributed by atoms with van der Waals surface area (Å²) in [6.07, 6.45) is 6.60. The topological polar surface area (TPSA) is 9.23 Å². The van der Waals surface area contributed by atoms with Gasteiger partial charge in [-0.15, -0.1) is 0 Å². The molecule has 16 heavy (non-hydrogen) atoms. The second-order valence-electron chi connectivity index (χ2n) is 4.60. The molecule has 0 unspecified atom stereocenters. The Morgan fingerprint density at radius 2 is 1.88 bits per heavy atom. The molecule has 0 saturated heterocycles. The zero-order valence-electron chi connectivity index (χ0n) is 9.79. The fourth-order valence-corrected chi connectivity index (χ4v) is 2.56. The summed E-state index contributed by atoms with van der Waals surface area (Å²) in [6, 6.07) is 7.74. The van der Waals surface area contributed by atoms with Gasteiger partial charge in [0.2, 0.25) is 0 Å². The van der Waals surface area contributed by atoms with E-state index in [0.29, 0.717) is 6.10 Å². The highest BCUT2D eigenvalue weighted by Gasteiger charge is 2.21. The van der Waals surface area contributed by atoms with E-state index in [1.165, 1.54) is 32.1 Å². The first-order chi connectivity index (χ1) is 7.79. The first-order valence-corrected chi connectivity index (χ1v) is 6.58. The number of ether oxygens (including phenoxy) is 1. The van der Waals surface area contributed by atoms with Gasteiger partial charge < -0.3 is 4.74 Å². The maximum atomic E-state index is 6.07. The number of hydrogen-bond acceptors (Lipinski definition) is 1. The van der Waals surface area contributed by atoms with Gasteiger partial charge in [0, 0.05) is 0 Å². The van der Waals surface area contributed by atoms with Gasteiger partial charge in [-0.3, -0.25) is 0 Å². The first-order valence-electron chi connectivity index (χ1n) is 6.20. The van der Waals surface area contributed by atoms with Gasteiger partial charge in [-0.05, 0) is 43.7 Å². The van der Waals surface area contributed by atoms with Crippen molar-refractivity contribution < 1.29 is 4.74 Å². The Morgan fingerprint density at radius 3 is 2.50 bits per heavy atom. The molecule has 0 radical (unpaired) electrons. The van der Waals surface area contributed by atoms with Crippen LogP contribution in [0.1, 0.15) is 39.0 Å². The van der Waals surface area contributed by atoms with Crippen LogP contribution in [-0.2, 0) is 0 Å². The molecular formula is C14H19ClO. The minimum atomic E-state index is 0.364. The van der Waals surface area contributed by atoms with Gasteiger partial charge in [0.25, 0.3) is 0 Å². The smallest absolute Gasteiger partial charge is 0.138 e.